The van der Waals surface area contributed by atoms with E-state index >= 15 is 0 Å². The van der Waals surface area contributed by atoms with Crippen LogP contribution in [0.1, 0.15) is 37.7 Å². The largest absolute Gasteiger partial charge is 0.399 e. The van der Waals surface area contributed by atoms with E-state index in [4.69, 9.17) is 16.9 Å². The lowest BCUT2D eigenvalue weighted by atomic mass is 9.94. The molecule has 0 bridgehead atoms. The molecule has 5 N–H and O–H groups in total. The van der Waals surface area contributed by atoms with E-state index in [-0.39, 0.29) is 11.9 Å². The van der Waals surface area contributed by atoms with Gasteiger partial charge in [-0.3, -0.25) is 10.3 Å². The third kappa shape index (κ3) is 3.05. The number of anilines is 1. The van der Waals surface area contributed by atoms with Crippen molar-refractivity contribution in [1.29, 1.82) is 5.41 Å². The molecule has 0 atom stereocenters. The minimum absolute atomic E-state index is 0.0418. The van der Waals surface area contributed by atoms with E-state index in [1.807, 2.05) is 0 Å². The number of primary amides is 1. The van der Waals surface area contributed by atoms with Crippen molar-refractivity contribution in [3.63, 3.8) is 0 Å². The van der Waals surface area contributed by atoms with Crippen LogP contribution < -0.4 is 11.5 Å². The van der Waals surface area contributed by atoms with Crippen molar-refractivity contribution < 1.29 is 4.79 Å². The molecule has 0 spiro atoms. The van der Waals surface area contributed by atoms with Gasteiger partial charge in [-0.25, -0.2) is 4.79 Å². The minimum atomic E-state index is -0.556. The van der Waals surface area contributed by atoms with Crippen molar-refractivity contribution in [1.82, 2.24) is 4.90 Å². The van der Waals surface area contributed by atoms with Gasteiger partial charge in [-0.15, -0.1) is 0 Å². The van der Waals surface area contributed by atoms with Gasteiger partial charge in [0, 0.05) is 17.3 Å². The molecular formula is C14H20N4O. The molecule has 1 aliphatic rings. The second-order valence-electron chi connectivity index (χ2n) is 4.97. The van der Waals surface area contributed by atoms with Crippen LogP contribution in [0.25, 0.3) is 0 Å². The monoisotopic (exact) mass is 260 g/mol. The number of carbonyl (C=O) groups is 1. The van der Waals surface area contributed by atoms with Gasteiger partial charge in [-0.05, 0) is 25.0 Å². The predicted molar refractivity (Wildman–Crippen MR) is 76.0 cm³/mol. The molecule has 0 saturated heterocycles. The third-order valence-electron chi connectivity index (χ3n) is 3.58. The van der Waals surface area contributed by atoms with Gasteiger partial charge >= 0.3 is 6.03 Å². The molecule has 1 saturated carbocycles. The van der Waals surface area contributed by atoms with Crippen molar-refractivity contribution in [2.24, 2.45) is 5.73 Å². The van der Waals surface area contributed by atoms with Gasteiger partial charge in [-0.2, -0.15) is 0 Å². The molecule has 5 nitrogen and oxygen atoms in total. The first-order valence-corrected chi connectivity index (χ1v) is 6.62. The Morgan fingerprint density at radius 3 is 2.53 bits per heavy atom. The molecule has 1 aromatic rings. The first kappa shape index (κ1) is 13.4. The fraction of sp³-hybridized carbons (Fsp3) is 0.429. The zero-order valence-corrected chi connectivity index (χ0v) is 10.9. The number of rotatable bonds is 2. The zero-order valence-electron chi connectivity index (χ0n) is 10.9. The van der Waals surface area contributed by atoms with Gasteiger partial charge < -0.3 is 11.5 Å². The fourth-order valence-corrected chi connectivity index (χ4v) is 2.64. The number of hydrogen-bond donors (Lipinski definition) is 3. The van der Waals surface area contributed by atoms with Crippen molar-refractivity contribution in [2.75, 3.05) is 5.73 Å². The number of carbonyl (C=O) groups excluding carboxylic acids is 1. The third-order valence-corrected chi connectivity index (χ3v) is 3.58. The molecule has 0 aliphatic heterocycles. The lowest BCUT2D eigenvalue weighted by molar-refractivity contribution is 0.204. The summed E-state index contributed by atoms with van der Waals surface area (Å²) in [6.45, 7) is 0. The Hall–Kier alpha value is -2.04. The molecule has 0 unspecified atom stereocenters. The predicted octanol–water partition coefficient (Wildman–Crippen LogP) is 2.31. The summed E-state index contributed by atoms with van der Waals surface area (Å²) in [5.74, 6) is 0.145. The number of amidine groups is 1. The Kier molecular flexibility index (Phi) is 4.04. The van der Waals surface area contributed by atoms with Gasteiger partial charge in [-0.1, -0.05) is 31.4 Å². The van der Waals surface area contributed by atoms with Gasteiger partial charge in [0.25, 0.3) is 0 Å². The van der Waals surface area contributed by atoms with E-state index in [0.29, 0.717) is 11.3 Å². The van der Waals surface area contributed by atoms with Crippen molar-refractivity contribution in [2.45, 2.75) is 38.1 Å². The number of benzene rings is 1. The van der Waals surface area contributed by atoms with Gasteiger partial charge in [0.15, 0.2) is 0 Å². The van der Waals surface area contributed by atoms with Crippen LogP contribution in [0.5, 0.6) is 0 Å². The zero-order chi connectivity index (χ0) is 13.8. The first-order chi connectivity index (χ1) is 9.09. The Morgan fingerprint density at radius 2 is 1.95 bits per heavy atom. The average Bonchev–Trinajstić information content (AvgIpc) is 2.39. The maximum Gasteiger partial charge on any atom is 0.320 e. The van der Waals surface area contributed by atoms with Crippen LogP contribution in [-0.4, -0.2) is 22.8 Å². The number of nitrogens with zero attached hydrogens (tertiary/aromatic N) is 1. The van der Waals surface area contributed by atoms with Gasteiger partial charge in [0.05, 0.1) is 0 Å². The topological polar surface area (TPSA) is 96.2 Å². The summed E-state index contributed by atoms with van der Waals surface area (Å²) in [4.78, 5) is 13.1. The van der Waals surface area contributed by atoms with Crippen LogP contribution in [0.2, 0.25) is 0 Å². The molecule has 5 heteroatoms. The molecule has 1 aliphatic carbocycles. The molecule has 1 aromatic carbocycles. The standard InChI is InChI=1S/C14H20N4O/c15-11-6-4-5-10(9-11)13(16)18(14(17)19)12-7-2-1-3-8-12/h4-6,9,12,16H,1-3,7-8,15H2,(H2,17,19). The molecule has 0 heterocycles. The Balaban J connectivity index is 2.23. The number of amides is 2. The summed E-state index contributed by atoms with van der Waals surface area (Å²) < 4.78 is 0. The maximum absolute atomic E-state index is 11.7. The highest BCUT2D eigenvalue weighted by Crippen LogP contribution is 2.24. The van der Waals surface area contributed by atoms with E-state index in [1.165, 1.54) is 11.3 Å². The first-order valence-electron chi connectivity index (χ1n) is 6.62. The molecule has 2 amide bonds. The Labute approximate surface area is 113 Å². The molecule has 2 rings (SSSR count). The van der Waals surface area contributed by atoms with E-state index in [0.717, 1.165) is 25.7 Å². The van der Waals surface area contributed by atoms with Crippen molar-refractivity contribution in [3.8, 4) is 0 Å². The second kappa shape index (κ2) is 5.73. The lowest BCUT2D eigenvalue weighted by Crippen LogP contribution is -2.48. The number of hydrogen-bond acceptors (Lipinski definition) is 3. The highest BCUT2D eigenvalue weighted by atomic mass is 16.2. The second-order valence-corrected chi connectivity index (χ2v) is 4.97. The van der Waals surface area contributed by atoms with Gasteiger partial charge in [0.1, 0.15) is 5.84 Å². The van der Waals surface area contributed by atoms with E-state index < -0.39 is 6.03 Å². The van der Waals surface area contributed by atoms with Gasteiger partial charge in [0.2, 0.25) is 0 Å². The number of nitrogen functional groups attached to an aromatic ring is 1. The van der Waals surface area contributed by atoms with Crippen LogP contribution in [0.3, 0.4) is 0 Å². The summed E-state index contributed by atoms with van der Waals surface area (Å²) in [6.07, 6.45) is 5.17. The summed E-state index contributed by atoms with van der Waals surface area (Å²) in [5, 5.41) is 8.22. The van der Waals surface area contributed by atoms with Crippen LogP contribution in [0.4, 0.5) is 10.5 Å². The maximum atomic E-state index is 11.7. The average molecular weight is 260 g/mol. The SMILES string of the molecule is N=C(c1cccc(N)c1)N(C(N)=O)C1CCCCC1. The number of urea groups is 1. The quantitative estimate of drug-likeness (QED) is 0.432. The minimum Gasteiger partial charge on any atom is -0.399 e. The Morgan fingerprint density at radius 1 is 1.26 bits per heavy atom. The number of nitrogens with two attached hydrogens (primary N) is 2. The van der Waals surface area contributed by atoms with Crippen LogP contribution in [-0.2, 0) is 0 Å². The fourth-order valence-electron chi connectivity index (χ4n) is 2.64. The van der Waals surface area contributed by atoms with E-state index in [2.05, 4.69) is 0 Å². The molecule has 0 aromatic heterocycles. The van der Waals surface area contributed by atoms with Crippen LogP contribution in [0, 0.1) is 5.41 Å². The summed E-state index contributed by atoms with van der Waals surface area (Å²) in [5.41, 5.74) is 12.4. The number of nitrogens with one attached hydrogen (secondary N) is 1. The molecule has 19 heavy (non-hydrogen) atoms. The highest BCUT2D eigenvalue weighted by molar-refractivity contribution is 6.06. The van der Waals surface area contributed by atoms with Crippen molar-refractivity contribution >= 4 is 17.6 Å². The molecule has 1 fully saturated rings. The van der Waals surface area contributed by atoms with E-state index in [1.54, 1.807) is 24.3 Å². The molecule has 102 valence electrons. The van der Waals surface area contributed by atoms with Crippen molar-refractivity contribution in [3.05, 3.63) is 29.8 Å². The van der Waals surface area contributed by atoms with Crippen LogP contribution in [0.15, 0.2) is 24.3 Å². The molecular weight excluding hydrogens is 240 g/mol. The summed E-state index contributed by atoms with van der Waals surface area (Å²) in [6, 6.07) is 6.49. The van der Waals surface area contributed by atoms with E-state index in [9.17, 15) is 4.79 Å². The summed E-state index contributed by atoms with van der Waals surface area (Å²) in [7, 11) is 0. The summed E-state index contributed by atoms with van der Waals surface area (Å²) >= 11 is 0. The van der Waals surface area contributed by atoms with Crippen LogP contribution >= 0.6 is 0 Å². The lowest BCUT2D eigenvalue weighted by Gasteiger charge is -2.33. The smallest absolute Gasteiger partial charge is 0.320 e. The highest BCUT2D eigenvalue weighted by Gasteiger charge is 2.27. The normalized spacial score (nSPS) is 16.0. The Bertz CT molecular complexity index is 480. The molecule has 0 radical (unpaired) electrons.